The molecule has 1 aromatic rings. The Morgan fingerprint density at radius 2 is 2.05 bits per heavy atom. The average Bonchev–Trinajstić information content (AvgIpc) is 2.85. The van der Waals surface area contributed by atoms with Crippen molar-refractivity contribution in [3.05, 3.63) is 34.4 Å². The minimum atomic E-state index is -1.45. The van der Waals surface area contributed by atoms with Crippen molar-refractivity contribution in [3.63, 3.8) is 0 Å². The number of non-ortho nitro benzene ring substituents is 1. The van der Waals surface area contributed by atoms with Crippen LogP contribution in [-0.4, -0.2) is 40.1 Å². The number of likely N-dealkylation sites (tertiary alicyclic amines) is 1. The van der Waals surface area contributed by atoms with E-state index >= 15 is 0 Å². The number of nitrogens with zero attached hydrogens (tertiary/aromatic N) is 2. The van der Waals surface area contributed by atoms with Crippen LogP contribution in [0, 0.1) is 10.1 Å². The molecule has 0 saturated carbocycles. The first-order chi connectivity index (χ1) is 9.93. The van der Waals surface area contributed by atoms with Gasteiger partial charge < -0.3 is 14.7 Å². The van der Waals surface area contributed by atoms with Gasteiger partial charge in [-0.3, -0.25) is 14.9 Å². The van der Waals surface area contributed by atoms with Gasteiger partial charge in [-0.1, -0.05) is 0 Å². The van der Waals surface area contributed by atoms with Crippen LogP contribution in [0.4, 0.5) is 10.5 Å². The SMILES string of the molecule is CCN1CCCC1=O.O=C(O)Oc1ccc([N+](=O)[O-])cc1. The second kappa shape index (κ2) is 7.83. The number of benzene rings is 1. The van der Waals surface area contributed by atoms with Crippen LogP contribution in [0.15, 0.2) is 24.3 Å². The minimum absolute atomic E-state index is 0.0538. The smallest absolute Gasteiger partial charge is 0.449 e. The molecule has 1 aromatic carbocycles. The van der Waals surface area contributed by atoms with E-state index in [1.54, 1.807) is 0 Å². The number of carboxylic acid groups (broad SMARTS) is 1. The standard InChI is InChI=1S/C7H5NO5.C6H11NO/c9-7(10)13-6-3-1-5(2-4-6)8(11)12;1-2-7-5-3-4-6(7)8/h1-4H,(H,9,10);2-5H2,1H3. The molecule has 0 aromatic heterocycles. The summed E-state index contributed by atoms with van der Waals surface area (Å²) < 4.78 is 4.24. The largest absolute Gasteiger partial charge is 0.511 e. The molecular formula is C13H16N2O6. The third kappa shape index (κ3) is 5.47. The molecule has 114 valence electrons. The van der Waals surface area contributed by atoms with Crippen molar-refractivity contribution >= 4 is 17.7 Å². The van der Waals surface area contributed by atoms with Crippen LogP contribution in [-0.2, 0) is 4.79 Å². The summed E-state index contributed by atoms with van der Waals surface area (Å²) in [6, 6.07) is 4.76. The minimum Gasteiger partial charge on any atom is -0.449 e. The lowest BCUT2D eigenvalue weighted by Crippen LogP contribution is -2.23. The van der Waals surface area contributed by atoms with Crippen molar-refractivity contribution in [3.8, 4) is 5.75 Å². The number of carbonyl (C=O) groups excluding carboxylic acids is 1. The van der Waals surface area contributed by atoms with E-state index in [4.69, 9.17) is 5.11 Å². The number of amides is 1. The van der Waals surface area contributed by atoms with Crippen LogP contribution in [0.5, 0.6) is 5.75 Å². The molecule has 0 atom stereocenters. The van der Waals surface area contributed by atoms with Crippen LogP contribution in [0.25, 0.3) is 0 Å². The summed E-state index contributed by atoms with van der Waals surface area (Å²) in [5, 5.41) is 18.4. The predicted molar refractivity (Wildman–Crippen MR) is 73.2 cm³/mol. The van der Waals surface area contributed by atoms with Crippen LogP contribution in [0.1, 0.15) is 19.8 Å². The van der Waals surface area contributed by atoms with Gasteiger partial charge in [0.05, 0.1) is 4.92 Å². The second-order valence-electron chi connectivity index (χ2n) is 4.20. The molecule has 0 radical (unpaired) electrons. The highest BCUT2D eigenvalue weighted by atomic mass is 16.7. The van der Waals surface area contributed by atoms with Crippen molar-refractivity contribution < 1.29 is 24.4 Å². The van der Waals surface area contributed by atoms with Crippen molar-refractivity contribution in [2.75, 3.05) is 13.1 Å². The average molecular weight is 296 g/mol. The Morgan fingerprint density at radius 1 is 1.43 bits per heavy atom. The fraction of sp³-hybridized carbons (Fsp3) is 0.385. The zero-order valence-electron chi connectivity index (χ0n) is 11.5. The molecule has 1 heterocycles. The van der Waals surface area contributed by atoms with E-state index in [-0.39, 0.29) is 11.4 Å². The number of carbonyl (C=O) groups is 2. The van der Waals surface area contributed by atoms with E-state index < -0.39 is 11.1 Å². The Balaban J connectivity index is 0.000000235. The lowest BCUT2D eigenvalue weighted by molar-refractivity contribution is -0.384. The third-order valence-corrected chi connectivity index (χ3v) is 2.81. The molecule has 0 spiro atoms. The van der Waals surface area contributed by atoms with Crippen molar-refractivity contribution in [2.45, 2.75) is 19.8 Å². The maximum Gasteiger partial charge on any atom is 0.511 e. The van der Waals surface area contributed by atoms with Crippen LogP contribution < -0.4 is 4.74 Å². The summed E-state index contributed by atoms with van der Waals surface area (Å²) in [6.45, 7) is 3.89. The van der Waals surface area contributed by atoms with Crippen molar-refractivity contribution in [1.29, 1.82) is 0 Å². The normalized spacial score (nSPS) is 13.4. The molecule has 0 aliphatic carbocycles. The molecular weight excluding hydrogens is 280 g/mol. The first-order valence-corrected chi connectivity index (χ1v) is 6.37. The predicted octanol–water partition coefficient (Wildman–Crippen LogP) is 2.28. The summed E-state index contributed by atoms with van der Waals surface area (Å²) in [5.41, 5.74) is -0.113. The van der Waals surface area contributed by atoms with E-state index in [2.05, 4.69) is 4.74 Å². The zero-order chi connectivity index (χ0) is 15.8. The van der Waals surface area contributed by atoms with E-state index in [1.165, 1.54) is 12.1 Å². The zero-order valence-corrected chi connectivity index (χ0v) is 11.5. The monoisotopic (exact) mass is 296 g/mol. The highest BCUT2D eigenvalue weighted by Crippen LogP contribution is 2.17. The molecule has 1 saturated heterocycles. The quantitative estimate of drug-likeness (QED) is 0.396. The first kappa shape index (κ1) is 16.4. The summed E-state index contributed by atoms with van der Waals surface area (Å²) in [7, 11) is 0. The number of hydrogen-bond acceptors (Lipinski definition) is 5. The van der Waals surface area contributed by atoms with Gasteiger partial charge in [-0.25, -0.2) is 4.79 Å². The highest BCUT2D eigenvalue weighted by molar-refractivity contribution is 5.77. The maximum absolute atomic E-state index is 10.7. The van der Waals surface area contributed by atoms with Crippen LogP contribution in [0.3, 0.4) is 0 Å². The topological polar surface area (TPSA) is 110 Å². The van der Waals surface area contributed by atoms with E-state index in [1.807, 2.05) is 11.8 Å². The molecule has 21 heavy (non-hydrogen) atoms. The second-order valence-corrected chi connectivity index (χ2v) is 4.20. The Kier molecular flexibility index (Phi) is 6.12. The number of nitro benzene ring substituents is 1. The van der Waals surface area contributed by atoms with E-state index in [0.717, 1.165) is 38.1 Å². The number of rotatable bonds is 3. The third-order valence-electron chi connectivity index (χ3n) is 2.81. The molecule has 0 unspecified atom stereocenters. The van der Waals surface area contributed by atoms with Gasteiger partial charge >= 0.3 is 6.16 Å². The van der Waals surface area contributed by atoms with Crippen LogP contribution >= 0.6 is 0 Å². The lowest BCUT2D eigenvalue weighted by atomic mass is 10.3. The highest BCUT2D eigenvalue weighted by Gasteiger charge is 2.16. The molecule has 8 heteroatoms. The molecule has 2 rings (SSSR count). The Morgan fingerprint density at radius 3 is 2.38 bits per heavy atom. The van der Waals surface area contributed by atoms with Gasteiger partial charge in [0.15, 0.2) is 0 Å². The van der Waals surface area contributed by atoms with Gasteiger partial charge in [-0.15, -0.1) is 0 Å². The first-order valence-electron chi connectivity index (χ1n) is 6.37. The molecule has 1 aliphatic rings. The fourth-order valence-corrected chi connectivity index (χ4v) is 1.78. The number of nitro groups is 1. The van der Waals surface area contributed by atoms with Gasteiger partial charge in [-0.05, 0) is 25.5 Å². The van der Waals surface area contributed by atoms with E-state index in [9.17, 15) is 19.7 Å². The summed E-state index contributed by atoms with van der Waals surface area (Å²) in [4.78, 5) is 32.3. The molecule has 1 fully saturated rings. The lowest BCUT2D eigenvalue weighted by Gasteiger charge is -2.10. The summed E-state index contributed by atoms with van der Waals surface area (Å²) in [6.07, 6.45) is 0.384. The fourth-order valence-electron chi connectivity index (χ4n) is 1.78. The Hall–Kier alpha value is -2.64. The molecule has 0 bridgehead atoms. The van der Waals surface area contributed by atoms with Crippen molar-refractivity contribution in [2.24, 2.45) is 0 Å². The summed E-state index contributed by atoms with van der Waals surface area (Å²) >= 11 is 0. The van der Waals surface area contributed by atoms with Gasteiger partial charge in [0.1, 0.15) is 5.75 Å². The number of ether oxygens (including phenoxy) is 1. The van der Waals surface area contributed by atoms with Gasteiger partial charge in [0.25, 0.3) is 5.69 Å². The Bertz CT molecular complexity index is 514. The van der Waals surface area contributed by atoms with E-state index in [0.29, 0.717) is 5.91 Å². The Labute approximate surface area is 121 Å². The van der Waals surface area contributed by atoms with Gasteiger partial charge in [0, 0.05) is 31.6 Å². The van der Waals surface area contributed by atoms with Gasteiger partial charge in [0.2, 0.25) is 5.91 Å². The molecule has 1 aliphatic heterocycles. The molecule has 1 amide bonds. The summed E-state index contributed by atoms with van der Waals surface area (Å²) in [5.74, 6) is 0.380. The van der Waals surface area contributed by atoms with Crippen LogP contribution in [0.2, 0.25) is 0 Å². The number of hydrogen-bond donors (Lipinski definition) is 1. The maximum atomic E-state index is 10.7. The van der Waals surface area contributed by atoms with Gasteiger partial charge in [-0.2, -0.15) is 0 Å². The van der Waals surface area contributed by atoms with Crippen molar-refractivity contribution in [1.82, 2.24) is 4.90 Å². The molecule has 1 N–H and O–H groups in total. The molecule has 8 nitrogen and oxygen atoms in total.